The van der Waals surface area contributed by atoms with Crippen molar-refractivity contribution in [2.45, 2.75) is 45.1 Å². The molecule has 0 saturated heterocycles. The zero-order valence-corrected chi connectivity index (χ0v) is 13.4. The Bertz CT molecular complexity index is 560. The smallest absolute Gasteiger partial charge is 0.305 e. The van der Waals surface area contributed by atoms with Crippen LogP contribution in [0, 0.1) is 0 Å². The molecular weight excluding hydrogens is 296 g/mol. The molecule has 0 saturated carbocycles. The van der Waals surface area contributed by atoms with Crippen LogP contribution >= 0.6 is 0 Å². The molecule has 0 aromatic heterocycles. The van der Waals surface area contributed by atoms with E-state index in [-0.39, 0.29) is 18.5 Å². The van der Waals surface area contributed by atoms with E-state index in [1.807, 2.05) is 25.1 Å². The second kappa shape index (κ2) is 8.53. The van der Waals surface area contributed by atoms with Crippen LogP contribution < -0.4 is 10.6 Å². The highest BCUT2D eigenvalue weighted by atomic mass is 16.5. The number of aliphatic hydroxyl groups is 1. The molecule has 0 bridgehead atoms. The number of carbonyl (C=O) groups excluding carboxylic acids is 2. The molecule has 1 amide bonds. The molecule has 0 radical (unpaired) electrons. The summed E-state index contributed by atoms with van der Waals surface area (Å²) < 4.78 is 4.98. The Labute approximate surface area is 136 Å². The molecule has 1 aliphatic heterocycles. The molecule has 2 rings (SSSR count). The molecule has 0 spiro atoms. The number of ether oxygens (including phenoxy) is 1. The highest BCUT2D eigenvalue weighted by molar-refractivity contribution is 5.92. The van der Waals surface area contributed by atoms with Crippen molar-refractivity contribution in [3.8, 4) is 0 Å². The van der Waals surface area contributed by atoms with Crippen LogP contribution in [0.1, 0.15) is 38.2 Å². The van der Waals surface area contributed by atoms with Crippen LogP contribution in [0.15, 0.2) is 18.2 Å². The number of nitrogens with one attached hydrogen (secondary N) is 2. The third kappa shape index (κ3) is 5.56. The Morgan fingerprint density at radius 3 is 3.04 bits per heavy atom. The van der Waals surface area contributed by atoms with Gasteiger partial charge < -0.3 is 20.5 Å². The molecule has 126 valence electrons. The molecule has 1 heterocycles. The Morgan fingerprint density at radius 2 is 2.26 bits per heavy atom. The van der Waals surface area contributed by atoms with Gasteiger partial charge in [-0.2, -0.15) is 0 Å². The molecule has 0 fully saturated rings. The molecule has 3 N–H and O–H groups in total. The number of fused-ring (bicyclic) bond motifs is 1. The van der Waals surface area contributed by atoms with Gasteiger partial charge in [0.1, 0.15) is 12.7 Å². The van der Waals surface area contributed by atoms with Crippen LogP contribution in [0.25, 0.3) is 0 Å². The van der Waals surface area contributed by atoms with Gasteiger partial charge in [-0.25, -0.2) is 0 Å². The van der Waals surface area contributed by atoms with Gasteiger partial charge in [0.25, 0.3) is 0 Å². The van der Waals surface area contributed by atoms with Gasteiger partial charge in [-0.05, 0) is 43.0 Å². The minimum absolute atomic E-state index is 0.00711. The normalized spacial score (nSPS) is 15.1. The lowest BCUT2D eigenvalue weighted by Crippen LogP contribution is -2.26. The van der Waals surface area contributed by atoms with Crippen molar-refractivity contribution in [2.24, 2.45) is 0 Å². The Morgan fingerprint density at radius 1 is 1.43 bits per heavy atom. The van der Waals surface area contributed by atoms with Crippen LogP contribution in [-0.2, 0) is 20.7 Å². The van der Waals surface area contributed by atoms with E-state index in [1.165, 1.54) is 0 Å². The van der Waals surface area contributed by atoms with Crippen molar-refractivity contribution in [3.05, 3.63) is 23.8 Å². The van der Waals surface area contributed by atoms with Gasteiger partial charge in [0.2, 0.25) is 5.91 Å². The van der Waals surface area contributed by atoms with Gasteiger partial charge >= 0.3 is 5.97 Å². The third-order valence-corrected chi connectivity index (χ3v) is 3.66. The second-order valence-electron chi connectivity index (χ2n) is 5.74. The number of aryl methyl sites for hydroxylation is 1. The lowest BCUT2D eigenvalue weighted by molar-refractivity contribution is -0.146. The summed E-state index contributed by atoms with van der Waals surface area (Å²) in [4.78, 5) is 22.8. The predicted molar refractivity (Wildman–Crippen MR) is 88.4 cm³/mol. The maximum absolute atomic E-state index is 11.5. The monoisotopic (exact) mass is 320 g/mol. The number of anilines is 2. The molecular formula is C17H24N2O4. The number of hydrogen-bond donors (Lipinski definition) is 3. The zero-order chi connectivity index (χ0) is 16.7. The highest BCUT2D eigenvalue weighted by Gasteiger charge is 2.13. The van der Waals surface area contributed by atoms with E-state index in [0.29, 0.717) is 19.4 Å². The van der Waals surface area contributed by atoms with Crippen LogP contribution in [0.5, 0.6) is 0 Å². The number of benzene rings is 1. The first kappa shape index (κ1) is 17.3. The summed E-state index contributed by atoms with van der Waals surface area (Å²) in [5.41, 5.74) is 2.82. The molecule has 1 aliphatic rings. The van der Waals surface area contributed by atoms with E-state index in [1.54, 1.807) is 0 Å². The van der Waals surface area contributed by atoms with Crippen molar-refractivity contribution >= 4 is 23.3 Å². The van der Waals surface area contributed by atoms with Gasteiger partial charge in [0, 0.05) is 30.8 Å². The van der Waals surface area contributed by atoms with E-state index in [0.717, 1.165) is 36.2 Å². The van der Waals surface area contributed by atoms with Crippen molar-refractivity contribution < 1.29 is 19.4 Å². The fraction of sp³-hybridized carbons (Fsp3) is 0.529. The third-order valence-electron chi connectivity index (χ3n) is 3.66. The summed E-state index contributed by atoms with van der Waals surface area (Å²) in [5, 5.41) is 15.9. The number of amides is 1. The second-order valence-corrected chi connectivity index (χ2v) is 5.74. The van der Waals surface area contributed by atoms with Crippen LogP contribution in [0.4, 0.5) is 11.4 Å². The first-order valence-electron chi connectivity index (χ1n) is 8.09. The van der Waals surface area contributed by atoms with Gasteiger partial charge in [-0.1, -0.05) is 6.92 Å². The van der Waals surface area contributed by atoms with Gasteiger partial charge in [-0.3, -0.25) is 9.59 Å². The van der Waals surface area contributed by atoms with Crippen LogP contribution in [0.3, 0.4) is 0 Å². The molecule has 1 aromatic carbocycles. The average molecular weight is 320 g/mol. The zero-order valence-electron chi connectivity index (χ0n) is 13.4. The Kier molecular flexibility index (Phi) is 6.40. The first-order valence-corrected chi connectivity index (χ1v) is 8.09. The minimum Gasteiger partial charge on any atom is -0.463 e. The minimum atomic E-state index is -0.755. The van der Waals surface area contributed by atoms with E-state index < -0.39 is 6.10 Å². The molecule has 0 aliphatic carbocycles. The predicted octanol–water partition coefficient (Wildman–Crippen LogP) is 2.08. The lowest BCUT2D eigenvalue weighted by atomic mass is 10.1. The lowest BCUT2D eigenvalue weighted by Gasteiger charge is -2.15. The number of hydrogen-bond acceptors (Lipinski definition) is 5. The SMILES string of the molecule is CCCC(=O)OC[C@H](O)CNc1ccc2c(c1)CCCC(=O)N2. The maximum atomic E-state index is 11.5. The summed E-state index contributed by atoms with van der Waals surface area (Å²) in [5.74, 6) is -0.235. The molecule has 6 heteroatoms. The van der Waals surface area contributed by atoms with Crippen LogP contribution in [-0.4, -0.2) is 36.2 Å². The van der Waals surface area contributed by atoms with E-state index >= 15 is 0 Å². The number of aliphatic hydroxyl groups excluding tert-OH is 1. The highest BCUT2D eigenvalue weighted by Crippen LogP contribution is 2.25. The van der Waals surface area contributed by atoms with E-state index in [2.05, 4.69) is 10.6 Å². The van der Waals surface area contributed by atoms with Crippen molar-refractivity contribution in [1.82, 2.24) is 0 Å². The van der Waals surface area contributed by atoms with E-state index in [9.17, 15) is 14.7 Å². The number of esters is 1. The van der Waals surface area contributed by atoms with Crippen LogP contribution in [0.2, 0.25) is 0 Å². The summed E-state index contributed by atoms with van der Waals surface area (Å²) in [6, 6.07) is 5.71. The number of rotatable bonds is 7. The van der Waals surface area contributed by atoms with Crippen molar-refractivity contribution in [3.63, 3.8) is 0 Å². The first-order chi connectivity index (χ1) is 11.1. The topological polar surface area (TPSA) is 87.7 Å². The molecule has 23 heavy (non-hydrogen) atoms. The Balaban J connectivity index is 1.83. The standard InChI is InChI=1S/C17H24N2O4/c1-2-4-17(22)23-11-14(20)10-18-13-7-8-15-12(9-13)5-3-6-16(21)19-15/h7-9,14,18,20H,2-6,10-11H2,1H3,(H,19,21)/t14-/m1/s1. The quantitative estimate of drug-likeness (QED) is 0.670. The molecule has 0 unspecified atom stereocenters. The summed E-state index contributed by atoms with van der Waals surface area (Å²) >= 11 is 0. The average Bonchev–Trinajstić information content (AvgIpc) is 2.71. The summed E-state index contributed by atoms with van der Waals surface area (Å²) in [6.07, 6.45) is 2.57. The molecule has 1 atom stereocenters. The van der Waals surface area contributed by atoms with Crippen molar-refractivity contribution in [2.75, 3.05) is 23.8 Å². The van der Waals surface area contributed by atoms with Gasteiger partial charge in [0.15, 0.2) is 0 Å². The van der Waals surface area contributed by atoms with Gasteiger partial charge in [0.05, 0.1) is 0 Å². The largest absolute Gasteiger partial charge is 0.463 e. The fourth-order valence-corrected chi connectivity index (χ4v) is 2.44. The van der Waals surface area contributed by atoms with E-state index in [4.69, 9.17) is 4.74 Å². The molecule has 1 aromatic rings. The van der Waals surface area contributed by atoms with Gasteiger partial charge in [-0.15, -0.1) is 0 Å². The maximum Gasteiger partial charge on any atom is 0.305 e. The number of carbonyl (C=O) groups is 2. The summed E-state index contributed by atoms with van der Waals surface area (Å²) in [6.45, 7) is 2.19. The Hall–Kier alpha value is -2.08. The summed E-state index contributed by atoms with van der Waals surface area (Å²) in [7, 11) is 0. The fourth-order valence-electron chi connectivity index (χ4n) is 2.44. The molecule has 6 nitrogen and oxygen atoms in total. The van der Waals surface area contributed by atoms with Crippen molar-refractivity contribution in [1.29, 1.82) is 0 Å².